The number of carboxylic acid groups (broad SMARTS) is 1. The molecule has 0 saturated carbocycles. The third-order valence-corrected chi connectivity index (χ3v) is 4.76. The number of carbonyl (C=O) groups is 1. The standard InChI is InChI=1S/C20H12BrN3O2/c1-22-18-7-6-13-10-17(20(25)26)24(19(13)23-18)11-14-9-15(21)8-12-4-2-3-5-16(12)14/h2-10H,11H2,(H,25,26). The summed E-state index contributed by atoms with van der Waals surface area (Å²) >= 11 is 3.53. The van der Waals surface area contributed by atoms with Crippen molar-refractivity contribution in [2.45, 2.75) is 6.54 Å². The van der Waals surface area contributed by atoms with Gasteiger partial charge in [0.2, 0.25) is 5.65 Å². The highest BCUT2D eigenvalue weighted by Crippen LogP contribution is 2.28. The summed E-state index contributed by atoms with van der Waals surface area (Å²) in [5.41, 5.74) is 1.63. The summed E-state index contributed by atoms with van der Waals surface area (Å²) in [5.74, 6) is -0.778. The second kappa shape index (κ2) is 6.28. The van der Waals surface area contributed by atoms with Gasteiger partial charge < -0.3 is 9.95 Å². The van der Waals surface area contributed by atoms with Gasteiger partial charge in [0.15, 0.2) is 0 Å². The first-order chi connectivity index (χ1) is 12.6. The highest BCUT2D eigenvalue weighted by Gasteiger charge is 2.19. The number of halogens is 1. The van der Waals surface area contributed by atoms with Crippen molar-refractivity contribution >= 4 is 49.5 Å². The van der Waals surface area contributed by atoms with Gasteiger partial charge in [-0.25, -0.2) is 4.79 Å². The Kier molecular flexibility index (Phi) is 3.94. The van der Waals surface area contributed by atoms with Crippen molar-refractivity contribution in [1.82, 2.24) is 9.55 Å². The minimum absolute atomic E-state index is 0.152. The number of carboxylic acids is 1. The van der Waals surface area contributed by atoms with Crippen LogP contribution in [0.2, 0.25) is 0 Å². The Morgan fingerprint density at radius 1 is 1.15 bits per heavy atom. The van der Waals surface area contributed by atoms with Crippen LogP contribution in [-0.4, -0.2) is 20.6 Å². The Bertz CT molecular complexity index is 1220. The van der Waals surface area contributed by atoms with Crippen LogP contribution in [0.4, 0.5) is 5.82 Å². The maximum Gasteiger partial charge on any atom is 0.352 e. The molecule has 0 atom stereocenters. The molecular formula is C20H12BrN3O2. The van der Waals surface area contributed by atoms with E-state index < -0.39 is 5.97 Å². The number of hydrogen-bond acceptors (Lipinski definition) is 2. The van der Waals surface area contributed by atoms with E-state index in [9.17, 15) is 9.90 Å². The summed E-state index contributed by atoms with van der Waals surface area (Å²) < 4.78 is 2.58. The molecule has 2 heterocycles. The third kappa shape index (κ3) is 2.72. The van der Waals surface area contributed by atoms with Crippen molar-refractivity contribution in [3.8, 4) is 0 Å². The Hall–Kier alpha value is -3.17. The van der Waals surface area contributed by atoms with Gasteiger partial charge in [0.05, 0.1) is 6.54 Å². The van der Waals surface area contributed by atoms with Gasteiger partial charge in [-0.15, -0.1) is 4.98 Å². The molecule has 6 heteroatoms. The topological polar surface area (TPSA) is 59.5 Å². The highest BCUT2D eigenvalue weighted by atomic mass is 79.9. The van der Waals surface area contributed by atoms with Gasteiger partial charge >= 0.3 is 5.97 Å². The van der Waals surface area contributed by atoms with Crippen molar-refractivity contribution in [3.63, 3.8) is 0 Å². The molecule has 126 valence electrons. The molecule has 1 N–H and O–H groups in total. The van der Waals surface area contributed by atoms with Crippen LogP contribution >= 0.6 is 15.9 Å². The van der Waals surface area contributed by atoms with Gasteiger partial charge in [-0.1, -0.05) is 52.8 Å². The molecule has 0 bridgehead atoms. The van der Waals surface area contributed by atoms with Crippen molar-refractivity contribution in [3.05, 3.63) is 81.7 Å². The lowest BCUT2D eigenvalue weighted by atomic mass is 10.0. The van der Waals surface area contributed by atoms with Gasteiger partial charge in [-0.3, -0.25) is 4.57 Å². The summed E-state index contributed by atoms with van der Waals surface area (Å²) in [4.78, 5) is 19.4. The normalized spacial score (nSPS) is 10.9. The van der Waals surface area contributed by atoms with Crippen molar-refractivity contribution in [1.29, 1.82) is 0 Å². The first-order valence-corrected chi connectivity index (χ1v) is 8.64. The summed E-state index contributed by atoms with van der Waals surface area (Å²) in [6, 6.07) is 16.9. The lowest BCUT2D eigenvalue weighted by Gasteiger charge is -2.11. The monoisotopic (exact) mass is 405 g/mol. The number of pyridine rings is 1. The molecular weight excluding hydrogens is 394 g/mol. The molecule has 0 saturated heterocycles. The van der Waals surface area contributed by atoms with Crippen LogP contribution < -0.4 is 0 Å². The molecule has 0 fully saturated rings. The van der Waals surface area contributed by atoms with E-state index in [1.165, 1.54) is 0 Å². The van der Waals surface area contributed by atoms with Crippen LogP contribution in [0.5, 0.6) is 0 Å². The quantitative estimate of drug-likeness (QED) is 0.473. The van der Waals surface area contributed by atoms with Gasteiger partial charge in [0.25, 0.3) is 5.82 Å². The van der Waals surface area contributed by atoms with Crippen LogP contribution in [0.25, 0.3) is 26.7 Å². The van der Waals surface area contributed by atoms with E-state index in [-0.39, 0.29) is 11.5 Å². The zero-order valence-corrected chi connectivity index (χ0v) is 15.1. The molecule has 0 aliphatic heterocycles. The smallest absolute Gasteiger partial charge is 0.352 e. The maximum absolute atomic E-state index is 11.7. The number of rotatable bonds is 3. The molecule has 26 heavy (non-hydrogen) atoms. The Morgan fingerprint density at radius 3 is 2.73 bits per heavy atom. The molecule has 0 spiro atoms. The molecule has 0 amide bonds. The van der Waals surface area contributed by atoms with Crippen LogP contribution in [0, 0.1) is 6.57 Å². The zero-order chi connectivity index (χ0) is 18.3. The molecule has 0 radical (unpaired) electrons. The van der Waals surface area contributed by atoms with Crippen LogP contribution in [0.1, 0.15) is 16.1 Å². The van der Waals surface area contributed by atoms with E-state index in [4.69, 9.17) is 6.57 Å². The average molecular weight is 406 g/mol. The maximum atomic E-state index is 11.7. The van der Waals surface area contributed by atoms with Crippen LogP contribution in [0.3, 0.4) is 0 Å². The van der Waals surface area contributed by atoms with Crippen molar-refractivity contribution in [2.24, 2.45) is 0 Å². The first kappa shape index (κ1) is 16.3. The van der Waals surface area contributed by atoms with Crippen molar-refractivity contribution < 1.29 is 9.90 Å². The number of aromatic nitrogens is 2. The number of fused-ring (bicyclic) bond motifs is 2. The summed E-state index contributed by atoms with van der Waals surface area (Å²) in [6.45, 7) is 7.52. The second-order valence-corrected chi connectivity index (χ2v) is 6.82. The van der Waals surface area contributed by atoms with E-state index in [1.807, 2.05) is 36.4 Å². The Labute approximate surface area is 157 Å². The van der Waals surface area contributed by atoms with E-state index in [0.717, 1.165) is 20.8 Å². The minimum atomic E-state index is -1.02. The number of nitrogens with zero attached hydrogens (tertiary/aromatic N) is 3. The van der Waals surface area contributed by atoms with Gasteiger partial charge in [-0.05, 0) is 40.6 Å². The van der Waals surface area contributed by atoms with Gasteiger partial charge in [0.1, 0.15) is 5.69 Å². The number of benzene rings is 2. The minimum Gasteiger partial charge on any atom is -0.477 e. The molecule has 2 aromatic heterocycles. The lowest BCUT2D eigenvalue weighted by molar-refractivity contribution is 0.0686. The average Bonchev–Trinajstić information content (AvgIpc) is 2.99. The number of aromatic carboxylic acids is 1. The van der Waals surface area contributed by atoms with Gasteiger partial charge in [-0.2, -0.15) is 0 Å². The van der Waals surface area contributed by atoms with E-state index in [0.29, 0.717) is 17.6 Å². The van der Waals surface area contributed by atoms with E-state index in [2.05, 4.69) is 25.8 Å². The fourth-order valence-corrected chi connectivity index (χ4v) is 3.69. The van der Waals surface area contributed by atoms with Crippen LogP contribution in [-0.2, 0) is 6.54 Å². The molecule has 0 aliphatic rings. The molecule has 4 rings (SSSR count). The lowest BCUT2D eigenvalue weighted by Crippen LogP contribution is -2.10. The van der Waals surface area contributed by atoms with E-state index in [1.54, 1.807) is 22.8 Å². The summed E-state index contributed by atoms with van der Waals surface area (Å²) in [5, 5.41) is 12.4. The molecule has 2 aromatic carbocycles. The zero-order valence-electron chi connectivity index (χ0n) is 13.5. The largest absolute Gasteiger partial charge is 0.477 e. The molecule has 0 unspecified atom stereocenters. The third-order valence-electron chi connectivity index (χ3n) is 4.30. The fourth-order valence-electron chi connectivity index (χ4n) is 3.17. The highest BCUT2D eigenvalue weighted by molar-refractivity contribution is 9.10. The first-order valence-electron chi connectivity index (χ1n) is 7.85. The summed E-state index contributed by atoms with van der Waals surface area (Å²) in [7, 11) is 0. The van der Waals surface area contributed by atoms with Crippen molar-refractivity contribution in [2.75, 3.05) is 0 Å². The predicted octanol–water partition coefficient (Wildman–Crippen LogP) is 5.25. The fraction of sp³-hybridized carbons (Fsp3) is 0.0500. The Morgan fingerprint density at radius 2 is 1.96 bits per heavy atom. The predicted molar refractivity (Wildman–Crippen MR) is 104 cm³/mol. The summed E-state index contributed by atoms with van der Waals surface area (Å²) in [6.07, 6.45) is 0. The molecule has 4 aromatic rings. The Balaban J connectivity index is 1.96. The molecule has 5 nitrogen and oxygen atoms in total. The number of hydrogen-bond donors (Lipinski definition) is 1. The van der Waals surface area contributed by atoms with E-state index >= 15 is 0 Å². The molecule has 0 aliphatic carbocycles. The van der Waals surface area contributed by atoms with Crippen LogP contribution in [0.15, 0.2) is 59.1 Å². The SMILES string of the molecule is [C-]#[N+]c1ccc2cc(C(=O)O)n(Cc3cc(Br)cc4ccccc34)c2n1. The van der Waals surface area contributed by atoms with Gasteiger partial charge in [0, 0.05) is 9.86 Å². The second-order valence-electron chi connectivity index (χ2n) is 5.90.